The fourth-order valence-corrected chi connectivity index (χ4v) is 3.28. The van der Waals surface area contributed by atoms with Gasteiger partial charge in [-0.1, -0.05) is 18.2 Å². The zero-order valence-electron chi connectivity index (χ0n) is 13.7. The van der Waals surface area contributed by atoms with Crippen LogP contribution in [-0.4, -0.2) is 23.4 Å². The minimum atomic E-state index is -0.645. The van der Waals surface area contributed by atoms with Crippen molar-refractivity contribution in [2.45, 2.75) is 6.92 Å². The minimum absolute atomic E-state index is 0.0483. The molecule has 0 radical (unpaired) electrons. The number of rotatable bonds is 5. The number of esters is 1. The molecule has 1 N–H and O–H groups in total. The van der Waals surface area contributed by atoms with Crippen molar-refractivity contribution in [3.63, 3.8) is 0 Å². The number of para-hydroxylation sites is 1. The van der Waals surface area contributed by atoms with E-state index in [-0.39, 0.29) is 10.6 Å². The highest BCUT2D eigenvalue weighted by Crippen LogP contribution is 2.29. The van der Waals surface area contributed by atoms with Crippen LogP contribution in [0.1, 0.15) is 15.2 Å². The summed E-state index contributed by atoms with van der Waals surface area (Å²) in [4.78, 5) is 34.7. The molecule has 0 bridgehead atoms. The summed E-state index contributed by atoms with van der Waals surface area (Å²) in [5.74, 6) is -1.09. The first kappa shape index (κ1) is 17.6. The van der Waals surface area contributed by atoms with Gasteiger partial charge in [0.15, 0.2) is 6.61 Å². The lowest BCUT2D eigenvalue weighted by atomic mass is 10.2. The molecule has 26 heavy (non-hydrogen) atoms. The number of fused-ring (bicyclic) bond motifs is 1. The van der Waals surface area contributed by atoms with E-state index in [1.165, 1.54) is 18.2 Å². The van der Waals surface area contributed by atoms with Crippen molar-refractivity contribution in [1.29, 1.82) is 0 Å². The summed E-state index contributed by atoms with van der Waals surface area (Å²) in [7, 11) is 0. The predicted molar refractivity (Wildman–Crippen MR) is 98.6 cm³/mol. The Balaban J connectivity index is 1.64. The standard InChI is InChI=1S/C18H14N2O5S/c1-11-4-2-3-5-14(11)19-17(21)10-25-18(22)16-9-12-8-13(20(23)24)6-7-15(12)26-16/h2-9H,10H2,1H3,(H,19,21). The van der Waals surface area contributed by atoms with Gasteiger partial charge in [0.2, 0.25) is 0 Å². The van der Waals surface area contributed by atoms with Crippen LogP contribution < -0.4 is 5.32 Å². The molecule has 0 spiro atoms. The molecule has 7 nitrogen and oxygen atoms in total. The van der Waals surface area contributed by atoms with Crippen LogP contribution in [0.4, 0.5) is 11.4 Å². The number of thiophene rings is 1. The average molecular weight is 370 g/mol. The average Bonchev–Trinajstić information content (AvgIpc) is 3.05. The number of nitro groups is 1. The number of carbonyl (C=O) groups excluding carboxylic acids is 2. The molecule has 0 aliphatic heterocycles. The molecule has 0 saturated carbocycles. The summed E-state index contributed by atoms with van der Waals surface area (Å²) in [6.45, 7) is 1.44. The Morgan fingerprint density at radius 1 is 1.19 bits per heavy atom. The Hall–Kier alpha value is -3.26. The molecule has 0 atom stereocenters. The van der Waals surface area contributed by atoms with Crippen molar-refractivity contribution in [3.8, 4) is 0 Å². The number of ether oxygens (including phenoxy) is 1. The van der Waals surface area contributed by atoms with Gasteiger partial charge in [0.25, 0.3) is 11.6 Å². The maximum absolute atomic E-state index is 12.1. The summed E-state index contributed by atoms with van der Waals surface area (Å²) in [5, 5.41) is 14.1. The molecule has 3 aromatic rings. The van der Waals surface area contributed by atoms with Crippen LogP contribution in [0.15, 0.2) is 48.5 Å². The van der Waals surface area contributed by atoms with Crippen molar-refractivity contribution < 1.29 is 19.2 Å². The molecule has 1 aromatic heterocycles. The van der Waals surface area contributed by atoms with E-state index >= 15 is 0 Å². The first-order chi connectivity index (χ1) is 12.4. The third-order valence-electron chi connectivity index (χ3n) is 3.67. The number of amides is 1. The monoisotopic (exact) mass is 370 g/mol. The summed E-state index contributed by atoms with van der Waals surface area (Å²) in [6.07, 6.45) is 0. The van der Waals surface area contributed by atoms with E-state index in [0.717, 1.165) is 21.6 Å². The molecular formula is C18H14N2O5S. The molecule has 0 fully saturated rings. The molecule has 0 saturated heterocycles. The van der Waals surface area contributed by atoms with E-state index in [4.69, 9.17) is 4.74 Å². The molecule has 0 unspecified atom stereocenters. The van der Waals surface area contributed by atoms with Crippen molar-refractivity contribution >= 4 is 44.7 Å². The smallest absolute Gasteiger partial charge is 0.348 e. The summed E-state index contributed by atoms with van der Waals surface area (Å²) in [6, 6.07) is 13.2. The van der Waals surface area contributed by atoms with Crippen LogP contribution in [0.3, 0.4) is 0 Å². The molecular weight excluding hydrogens is 356 g/mol. The van der Waals surface area contributed by atoms with Gasteiger partial charge < -0.3 is 10.1 Å². The number of hydrogen-bond donors (Lipinski definition) is 1. The molecule has 132 valence electrons. The number of nitro benzene ring substituents is 1. The van der Waals surface area contributed by atoms with E-state index in [9.17, 15) is 19.7 Å². The quantitative estimate of drug-likeness (QED) is 0.417. The van der Waals surface area contributed by atoms with Crippen molar-refractivity contribution in [3.05, 3.63) is 69.1 Å². The van der Waals surface area contributed by atoms with Gasteiger partial charge in [0.05, 0.1) is 4.92 Å². The van der Waals surface area contributed by atoms with Crippen LogP contribution in [0.5, 0.6) is 0 Å². The fraction of sp³-hybridized carbons (Fsp3) is 0.111. The van der Waals surface area contributed by atoms with Crippen LogP contribution in [0, 0.1) is 17.0 Å². The zero-order valence-corrected chi connectivity index (χ0v) is 14.5. The molecule has 0 aliphatic rings. The summed E-state index contributed by atoms with van der Waals surface area (Å²) < 4.78 is 5.76. The lowest BCUT2D eigenvalue weighted by Gasteiger charge is -2.08. The van der Waals surface area contributed by atoms with E-state index in [1.807, 2.05) is 19.1 Å². The first-order valence-electron chi connectivity index (χ1n) is 7.64. The predicted octanol–water partition coefficient (Wildman–Crippen LogP) is 3.91. The number of nitrogens with zero attached hydrogens (tertiary/aromatic N) is 1. The Labute approximate surface area is 152 Å². The highest BCUT2D eigenvalue weighted by molar-refractivity contribution is 7.20. The van der Waals surface area contributed by atoms with E-state index < -0.39 is 23.4 Å². The van der Waals surface area contributed by atoms with Crippen molar-refractivity contribution in [1.82, 2.24) is 0 Å². The Morgan fingerprint density at radius 3 is 2.69 bits per heavy atom. The van der Waals surface area contributed by atoms with Crippen LogP contribution in [0.25, 0.3) is 10.1 Å². The number of hydrogen-bond acceptors (Lipinski definition) is 6. The van der Waals surface area contributed by atoms with Gasteiger partial charge in [0, 0.05) is 27.9 Å². The van der Waals surface area contributed by atoms with Gasteiger partial charge in [-0.3, -0.25) is 14.9 Å². The molecule has 1 amide bonds. The van der Waals surface area contributed by atoms with Crippen LogP contribution in [-0.2, 0) is 9.53 Å². The maximum atomic E-state index is 12.1. The van der Waals surface area contributed by atoms with Gasteiger partial charge in [-0.2, -0.15) is 0 Å². The largest absolute Gasteiger partial charge is 0.451 e. The maximum Gasteiger partial charge on any atom is 0.348 e. The number of carbonyl (C=O) groups is 2. The summed E-state index contributed by atoms with van der Waals surface area (Å²) in [5.41, 5.74) is 1.51. The zero-order chi connectivity index (χ0) is 18.7. The number of non-ortho nitro benzene ring substituents is 1. The van der Waals surface area contributed by atoms with Gasteiger partial charge in [-0.15, -0.1) is 11.3 Å². The normalized spacial score (nSPS) is 10.5. The number of anilines is 1. The number of aryl methyl sites for hydroxylation is 1. The second-order valence-corrected chi connectivity index (χ2v) is 6.61. The molecule has 2 aromatic carbocycles. The molecule has 3 rings (SSSR count). The van der Waals surface area contributed by atoms with Gasteiger partial charge >= 0.3 is 5.97 Å². The number of nitrogens with one attached hydrogen (secondary N) is 1. The summed E-state index contributed by atoms with van der Waals surface area (Å²) >= 11 is 1.16. The van der Waals surface area contributed by atoms with Crippen molar-refractivity contribution in [2.24, 2.45) is 0 Å². The molecule has 8 heteroatoms. The van der Waals surface area contributed by atoms with Crippen LogP contribution in [0.2, 0.25) is 0 Å². The van der Waals surface area contributed by atoms with Gasteiger partial charge in [-0.25, -0.2) is 4.79 Å². The molecule has 1 heterocycles. The topological polar surface area (TPSA) is 98.5 Å². The SMILES string of the molecule is Cc1ccccc1NC(=O)COC(=O)c1cc2cc([N+](=O)[O-])ccc2s1. The number of benzene rings is 2. The highest BCUT2D eigenvalue weighted by Gasteiger charge is 2.16. The molecule has 0 aliphatic carbocycles. The Morgan fingerprint density at radius 2 is 1.96 bits per heavy atom. The van der Waals surface area contributed by atoms with Crippen molar-refractivity contribution in [2.75, 3.05) is 11.9 Å². The second kappa shape index (κ2) is 7.32. The lowest BCUT2D eigenvalue weighted by molar-refractivity contribution is -0.384. The minimum Gasteiger partial charge on any atom is -0.451 e. The lowest BCUT2D eigenvalue weighted by Crippen LogP contribution is -2.21. The van der Waals surface area contributed by atoms with E-state index in [2.05, 4.69) is 5.32 Å². The van der Waals surface area contributed by atoms with Crippen LogP contribution >= 0.6 is 11.3 Å². The third kappa shape index (κ3) is 3.86. The van der Waals surface area contributed by atoms with Gasteiger partial charge in [-0.05, 0) is 30.7 Å². The van der Waals surface area contributed by atoms with E-state index in [1.54, 1.807) is 18.2 Å². The second-order valence-electron chi connectivity index (χ2n) is 5.53. The Kier molecular flexibility index (Phi) is 4.94. The van der Waals surface area contributed by atoms with Gasteiger partial charge in [0.1, 0.15) is 4.88 Å². The Bertz CT molecular complexity index is 1010. The highest BCUT2D eigenvalue weighted by atomic mass is 32.1. The fourth-order valence-electron chi connectivity index (χ4n) is 2.35. The first-order valence-corrected chi connectivity index (χ1v) is 8.46. The van der Waals surface area contributed by atoms with E-state index in [0.29, 0.717) is 11.1 Å². The third-order valence-corrected chi connectivity index (χ3v) is 4.76.